The maximum Gasteiger partial charge on any atom is 1.00 e. The quantitative estimate of drug-likeness (QED) is 0.137. The molecule has 40 heavy (non-hydrogen) atoms. The van der Waals surface area contributed by atoms with Gasteiger partial charge in [0.25, 0.3) is 0 Å². The third-order valence-electron chi connectivity index (χ3n) is 10.6. The minimum Gasteiger partial charge on any atom is -0.726 e. The Kier molecular flexibility index (Phi) is 13.0. The molecule has 0 radical (unpaired) electrons. The maximum absolute atomic E-state index is 11.8. The molecule has 0 aromatic heterocycles. The van der Waals surface area contributed by atoms with E-state index in [1.54, 1.807) is 0 Å². The molecule has 0 aromatic rings. The third-order valence-corrected chi connectivity index (χ3v) is 11.6. The number of hydrogen-bond donors (Lipinski definition) is 1. The monoisotopic (exact) mass is 622 g/mol. The van der Waals surface area contributed by atoms with Crippen LogP contribution in [0.5, 0.6) is 0 Å². The van der Waals surface area contributed by atoms with E-state index in [0.717, 1.165) is 32.1 Å². The van der Waals surface area contributed by atoms with Crippen LogP contribution in [0, 0.1) is 46.3 Å². The van der Waals surface area contributed by atoms with Gasteiger partial charge in [0.05, 0.1) is 18.3 Å². The summed E-state index contributed by atoms with van der Waals surface area (Å²) in [6.07, 6.45) is 6.05. The molecule has 3 saturated carbocycles. The van der Waals surface area contributed by atoms with Gasteiger partial charge in [0, 0.05) is 0 Å². The second-order valence-electron chi connectivity index (χ2n) is 13.5. The van der Waals surface area contributed by atoms with Gasteiger partial charge < -0.3 is 14.2 Å². The molecule has 10 atom stereocenters. The van der Waals surface area contributed by atoms with Gasteiger partial charge in [-0.2, -0.15) is 0 Å². The molecule has 0 amide bonds. The van der Waals surface area contributed by atoms with Crippen LogP contribution in [0.3, 0.4) is 0 Å². The van der Waals surface area contributed by atoms with Crippen LogP contribution in [0.1, 0.15) is 92.4 Å². The summed E-state index contributed by atoms with van der Waals surface area (Å²) in [5.74, 6) is 1.10. The summed E-state index contributed by atoms with van der Waals surface area (Å²) in [5.41, 5.74) is 0.764. The normalized spacial score (nSPS) is 39.1. The topological polar surface area (TPSA) is 153 Å². The molecule has 4 aliphatic carbocycles. The molecular weight excluding hydrogens is 578 g/mol. The molecule has 0 spiro atoms. The predicted octanol–water partition coefficient (Wildman–Crippen LogP) is -1.69. The first kappa shape index (κ1) is 37.6. The van der Waals surface area contributed by atoms with Gasteiger partial charge >= 0.3 is 59.1 Å². The first-order valence-electron chi connectivity index (χ1n) is 14.1. The van der Waals surface area contributed by atoms with Gasteiger partial charge in [-0.05, 0) is 104 Å². The summed E-state index contributed by atoms with van der Waals surface area (Å²) in [6, 6.07) is 0. The summed E-state index contributed by atoms with van der Waals surface area (Å²) in [5, 5.41) is 10.6. The van der Waals surface area contributed by atoms with Crippen LogP contribution in [-0.2, 0) is 29.2 Å². The molecule has 1 N–H and O–H groups in total. The summed E-state index contributed by atoms with van der Waals surface area (Å²) in [4.78, 5) is 0. The van der Waals surface area contributed by atoms with Gasteiger partial charge in [0.2, 0.25) is 20.8 Å². The Labute approximate surface area is 285 Å². The van der Waals surface area contributed by atoms with Crippen molar-refractivity contribution in [3.05, 3.63) is 11.6 Å². The van der Waals surface area contributed by atoms with Gasteiger partial charge in [-0.25, -0.2) is 16.8 Å². The van der Waals surface area contributed by atoms with Crippen molar-refractivity contribution in [3.8, 4) is 0 Å². The minimum absolute atomic E-state index is 0. The minimum atomic E-state index is -4.99. The van der Waals surface area contributed by atoms with E-state index < -0.39 is 44.3 Å². The van der Waals surface area contributed by atoms with Gasteiger partial charge in [-0.1, -0.05) is 46.3 Å². The molecule has 220 valence electrons. The summed E-state index contributed by atoms with van der Waals surface area (Å²) in [7, 11) is -9.91. The van der Waals surface area contributed by atoms with Crippen molar-refractivity contribution < 1.29 is 98.5 Å². The van der Waals surface area contributed by atoms with Gasteiger partial charge in [0.15, 0.2) is 0 Å². The molecule has 0 bridgehead atoms. The van der Waals surface area contributed by atoms with Crippen molar-refractivity contribution in [1.29, 1.82) is 0 Å². The SMILES string of the molecule is CC(C)C[C@H](O)C[C@@H](C)[C@H]1CCC2C3C[C@H](OS(=O)(=O)[O-])C4C[C@@H](OS(=O)(=O)[O-])CC[C@]4(C)C3=CC[C@@]21C.[Na+].[Na+]. The summed E-state index contributed by atoms with van der Waals surface area (Å²) < 4.78 is 79.0. The molecule has 0 aromatic carbocycles. The zero-order valence-electron chi connectivity index (χ0n) is 25.2. The van der Waals surface area contributed by atoms with E-state index in [2.05, 4.69) is 40.7 Å². The fourth-order valence-electron chi connectivity index (χ4n) is 9.23. The third kappa shape index (κ3) is 8.17. The smallest absolute Gasteiger partial charge is 0.726 e. The van der Waals surface area contributed by atoms with Crippen LogP contribution in [0.2, 0.25) is 0 Å². The van der Waals surface area contributed by atoms with Gasteiger partial charge in [0.1, 0.15) is 0 Å². The second kappa shape index (κ2) is 13.8. The Morgan fingerprint density at radius 2 is 1.57 bits per heavy atom. The molecule has 4 aliphatic rings. The Balaban J connectivity index is 0.00000280. The van der Waals surface area contributed by atoms with Crippen LogP contribution in [0.25, 0.3) is 0 Å². The van der Waals surface area contributed by atoms with E-state index >= 15 is 0 Å². The van der Waals surface area contributed by atoms with Crippen LogP contribution in [0.15, 0.2) is 11.6 Å². The van der Waals surface area contributed by atoms with Crippen molar-refractivity contribution in [3.63, 3.8) is 0 Å². The Morgan fingerprint density at radius 1 is 0.950 bits per heavy atom. The molecule has 3 fully saturated rings. The van der Waals surface area contributed by atoms with Crippen molar-refractivity contribution >= 4 is 20.8 Å². The van der Waals surface area contributed by atoms with E-state index in [-0.39, 0.29) is 83.0 Å². The van der Waals surface area contributed by atoms with Crippen molar-refractivity contribution in [2.45, 2.75) is 111 Å². The predicted molar refractivity (Wildman–Crippen MR) is 139 cm³/mol. The fourth-order valence-corrected chi connectivity index (χ4v) is 10.2. The van der Waals surface area contributed by atoms with Gasteiger partial charge in [-0.3, -0.25) is 8.37 Å². The average molecular weight is 623 g/mol. The van der Waals surface area contributed by atoms with Crippen molar-refractivity contribution in [1.82, 2.24) is 0 Å². The van der Waals surface area contributed by atoms with Crippen LogP contribution in [-0.4, -0.2) is 49.4 Å². The summed E-state index contributed by atoms with van der Waals surface area (Å²) in [6.45, 7) is 10.9. The first-order valence-corrected chi connectivity index (χ1v) is 16.8. The molecule has 9 nitrogen and oxygen atoms in total. The number of allylic oxidation sites excluding steroid dienone is 2. The molecule has 4 rings (SSSR count). The van der Waals surface area contributed by atoms with Gasteiger partial charge in [-0.15, -0.1) is 0 Å². The Bertz CT molecular complexity index is 1130. The number of fused-ring (bicyclic) bond motifs is 5. The van der Waals surface area contributed by atoms with Crippen LogP contribution in [0.4, 0.5) is 0 Å². The Morgan fingerprint density at radius 3 is 2.15 bits per heavy atom. The molecule has 0 heterocycles. The standard InChI is InChI=1S/C27H46O9S2.2Na/c1-16(2)12-18(28)13-17(3)21-6-7-22-20-15-25(36-38(32,33)34)24-14-19(35-37(29,30)31)8-10-27(24,5)23(20)9-11-26(21,22)4;;/h9,16-22,24-25,28H,6-8,10-15H2,1-5H3,(H,29,30,31)(H,32,33,34);;/q;2*+1/p-2/t17-,18+,19+,20?,21-,22?,24?,25+,26-,27-;;/m1../s1. The average Bonchev–Trinajstić information content (AvgIpc) is 3.09. The van der Waals surface area contributed by atoms with Crippen LogP contribution < -0.4 is 59.1 Å². The number of hydrogen-bond acceptors (Lipinski definition) is 9. The second-order valence-corrected chi connectivity index (χ2v) is 15.5. The Hall–Kier alpha value is 1.44. The first-order chi connectivity index (χ1) is 17.4. The molecule has 13 heteroatoms. The van der Waals surface area contributed by atoms with Crippen molar-refractivity contribution in [2.75, 3.05) is 0 Å². The van der Waals surface area contributed by atoms with E-state index in [1.165, 1.54) is 5.57 Å². The molecular formula is C27H44Na2O9S2. The zero-order valence-corrected chi connectivity index (χ0v) is 30.8. The fraction of sp³-hybridized carbons (Fsp3) is 0.926. The zero-order chi connectivity index (χ0) is 28.3. The van der Waals surface area contributed by atoms with E-state index in [1.807, 2.05) is 0 Å². The maximum atomic E-state index is 11.8. The molecule has 3 unspecified atom stereocenters. The molecule has 0 aliphatic heterocycles. The molecule has 0 saturated heterocycles. The van der Waals surface area contributed by atoms with E-state index in [9.17, 15) is 31.0 Å². The summed E-state index contributed by atoms with van der Waals surface area (Å²) >= 11 is 0. The number of rotatable bonds is 9. The van der Waals surface area contributed by atoms with E-state index in [0.29, 0.717) is 42.9 Å². The van der Waals surface area contributed by atoms with Crippen LogP contribution >= 0.6 is 0 Å². The van der Waals surface area contributed by atoms with E-state index in [4.69, 9.17) is 8.37 Å². The largest absolute Gasteiger partial charge is 1.00 e. The number of aliphatic hydroxyl groups is 1. The van der Waals surface area contributed by atoms with Crippen molar-refractivity contribution in [2.24, 2.45) is 46.3 Å². The number of aliphatic hydroxyl groups excluding tert-OH is 1.